The van der Waals surface area contributed by atoms with Gasteiger partial charge in [-0.15, -0.1) is 0 Å². The maximum absolute atomic E-state index is 12.7. The van der Waals surface area contributed by atoms with Gasteiger partial charge in [-0.05, 0) is 24.5 Å². The molecule has 0 saturated heterocycles. The Kier molecular flexibility index (Phi) is 3.61. The minimum Gasteiger partial charge on any atom is -0.390 e. The second-order valence-electron chi connectivity index (χ2n) is 6.34. The van der Waals surface area contributed by atoms with Crippen molar-refractivity contribution in [3.05, 3.63) is 52.5 Å². The molecule has 0 aliphatic carbocycles. The van der Waals surface area contributed by atoms with Crippen LogP contribution in [-0.2, 0) is 30.8 Å². The maximum Gasteiger partial charge on any atom is 0.227 e. The fraction of sp³-hybridized carbons (Fsp3) is 0.333. The van der Waals surface area contributed by atoms with Gasteiger partial charge in [-0.25, -0.2) is 0 Å². The van der Waals surface area contributed by atoms with E-state index >= 15 is 0 Å². The Balaban J connectivity index is 1.53. The number of fused-ring (bicyclic) bond motifs is 2. The van der Waals surface area contributed by atoms with Gasteiger partial charge in [-0.2, -0.15) is 5.10 Å². The Morgan fingerprint density at radius 1 is 1.42 bits per heavy atom. The number of carbonyl (C=O) groups is 1. The van der Waals surface area contributed by atoms with Crippen LogP contribution in [0, 0.1) is 6.92 Å². The third-order valence-corrected chi connectivity index (χ3v) is 4.87. The Hall–Kier alpha value is -2.60. The van der Waals surface area contributed by atoms with Crippen LogP contribution in [0.3, 0.4) is 0 Å². The Morgan fingerprint density at radius 3 is 3.12 bits per heavy atom. The molecule has 0 fully saturated rings. The van der Waals surface area contributed by atoms with Gasteiger partial charge in [0, 0.05) is 29.2 Å². The van der Waals surface area contributed by atoms with Crippen molar-refractivity contribution in [3.63, 3.8) is 0 Å². The SMILES string of the molecule is Cc1cccc2c(CC(=O)N3CCc4c(CO)n[nH]c4C3)c[nH]c12. The molecule has 2 aromatic heterocycles. The van der Waals surface area contributed by atoms with Crippen LogP contribution in [0.5, 0.6) is 0 Å². The highest BCUT2D eigenvalue weighted by molar-refractivity contribution is 5.90. The van der Waals surface area contributed by atoms with E-state index in [1.165, 1.54) is 5.56 Å². The molecule has 0 bridgehead atoms. The van der Waals surface area contributed by atoms with E-state index in [2.05, 4.69) is 34.2 Å². The molecule has 0 saturated carbocycles. The number of aromatic amines is 2. The number of aryl methyl sites for hydroxylation is 1. The second kappa shape index (κ2) is 5.79. The quantitative estimate of drug-likeness (QED) is 0.687. The topological polar surface area (TPSA) is 85.0 Å². The molecule has 0 atom stereocenters. The average molecular weight is 324 g/mol. The first-order valence-corrected chi connectivity index (χ1v) is 8.16. The molecule has 3 heterocycles. The van der Waals surface area contributed by atoms with Crippen molar-refractivity contribution in [3.8, 4) is 0 Å². The number of benzene rings is 1. The van der Waals surface area contributed by atoms with Crippen molar-refractivity contribution < 1.29 is 9.90 Å². The second-order valence-corrected chi connectivity index (χ2v) is 6.34. The van der Waals surface area contributed by atoms with Gasteiger partial charge in [0.2, 0.25) is 5.91 Å². The summed E-state index contributed by atoms with van der Waals surface area (Å²) in [7, 11) is 0. The minimum absolute atomic E-state index is 0.0610. The summed E-state index contributed by atoms with van der Waals surface area (Å²) in [6, 6.07) is 6.14. The molecule has 4 rings (SSSR count). The molecule has 1 aliphatic rings. The minimum atomic E-state index is -0.0610. The highest BCUT2D eigenvalue weighted by Crippen LogP contribution is 2.24. The van der Waals surface area contributed by atoms with Crippen molar-refractivity contribution in [1.29, 1.82) is 0 Å². The lowest BCUT2D eigenvalue weighted by molar-refractivity contribution is -0.131. The Morgan fingerprint density at radius 2 is 2.29 bits per heavy atom. The van der Waals surface area contributed by atoms with Crippen LogP contribution in [-0.4, -0.2) is 37.6 Å². The smallest absolute Gasteiger partial charge is 0.227 e. The van der Waals surface area contributed by atoms with Crippen LogP contribution in [0.2, 0.25) is 0 Å². The first kappa shape index (κ1) is 15.0. The first-order valence-electron chi connectivity index (χ1n) is 8.16. The molecule has 0 spiro atoms. The maximum atomic E-state index is 12.7. The van der Waals surface area contributed by atoms with Gasteiger partial charge < -0.3 is 15.0 Å². The zero-order valence-electron chi connectivity index (χ0n) is 13.6. The van der Waals surface area contributed by atoms with Crippen molar-refractivity contribution >= 4 is 16.8 Å². The molecular weight excluding hydrogens is 304 g/mol. The van der Waals surface area contributed by atoms with E-state index in [0.717, 1.165) is 34.1 Å². The lowest BCUT2D eigenvalue weighted by Gasteiger charge is -2.27. The number of aliphatic hydroxyl groups excluding tert-OH is 1. The normalized spacial score (nSPS) is 14.2. The van der Waals surface area contributed by atoms with Crippen LogP contribution in [0.15, 0.2) is 24.4 Å². The van der Waals surface area contributed by atoms with E-state index < -0.39 is 0 Å². The number of aliphatic hydroxyl groups is 1. The summed E-state index contributed by atoms with van der Waals surface area (Å²) in [5.41, 5.74) is 6.01. The predicted octanol–water partition coefficient (Wildman–Crippen LogP) is 1.82. The van der Waals surface area contributed by atoms with Crippen molar-refractivity contribution in [2.45, 2.75) is 32.9 Å². The molecule has 0 radical (unpaired) electrons. The molecule has 1 aromatic carbocycles. The van der Waals surface area contributed by atoms with Gasteiger partial charge in [0.05, 0.1) is 31.0 Å². The average Bonchev–Trinajstić information content (AvgIpc) is 3.19. The number of H-pyrrole nitrogens is 2. The zero-order chi connectivity index (χ0) is 16.7. The van der Waals surface area contributed by atoms with E-state index in [1.54, 1.807) is 0 Å². The fourth-order valence-electron chi connectivity index (χ4n) is 3.52. The van der Waals surface area contributed by atoms with Crippen LogP contribution < -0.4 is 0 Å². The van der Waals surface area contributed by atoms with Crippen molar-refractivity contribution in [2.75, 3.05) is 6.54 Å². The van der Waals surface area contributed by atoms with E-state index in [1.807, 2.05) is 17.2 Å². The van der Waals surface area contributed by atoms with Gasteiger partial charge in [0.1, 0.15) is 0 Å². The fourth-order valence-corrected chi connectivity index (χ4v) is 3.52. The van der Waals surface area contributed by atoms with Crippen LogP contribution in [0.4, 0.5) is 0 Å². The summed E-state index contributed by atoms with van der Waals surface area (Å²) in [5, 5.41) is 17.5. The monoisotopic (exact) mass is 324 g/mol. The highest BCUT2D eigenvalue weighted by atomic mass is 16.3. The Bertz CT molecular complexity index is 909. The van der Waals surface area contributed by atoms with Gasteiger partial charge in [-0.3, -0.25) is 9.89 Å². The molecule has 1 amide bonds. The number of nitrogens with one attached hydrogen (secondary N) is 2. The molecule has 24 heavy (non-hydrogen) atoms. The number of carbonyl (C=O) groups excluding carboxylic acids is 1. The molecule has 3 aromatic rings. The van der Waals surface area contributed by atoms with E-state index in [0.29, 0.717) is 25.2 Å². The Labute approximate surface area is 139 Å². The molecule has 3 N–H and O–H groups in total. The molecule has 1 aliphatic heterocycles. The van der Waals surface area contributed by atoms with Crippen LogP contribution in [0.25, 0.3) is 10.9 Å². The number of para-hydroxylation sites is 1. The summed E-state index contributed by atoms with van der Waals surface area (Å²) in [5.74, 6) is 0.114. The summed E-state index contributed by atoms with van der Waals surface area (Å²) < 4.78 is 0. The highest BCUT2D eigenvalue weighted by Gasteiger charge is 2.25. The molecular formula is C18H20N4O2. The van der Waals surface area contributed by atoms with Crippen molar-refractivity contribution in [1.82, 2.24) is 20.1 Å². The number of aromatic nitrogens is 3. The van der Waals surface area contributed by atoms with Crippen LogP contribution >= 0.6 is 0 Å². The number of rotatable bonds is 3. The number of hydrogen-bond donors (Lipinski definition) is 3. The molecule has 0 unspecified atom stereocenters. The summed E-state index contributed by atoms with van der Waals surface area (Å²) >= 11 is 0. The van der Waals surface area contributed by atoms with E-state index in [4.69, 9.17) is 0 Å². The number of amides is 1. The summed E-state index contributed by atoms with van der Waals surface area (Å²) in [6.45, 7) is 3.20. The van der Waals surface area contributed by atoms with Gasteiger partial charge >= 0.3 is 0 Å². The third kappa shape index (κ3) is 2.39. The predicted molar refractivity (Wildman–Crippen MR) is 90.4 cm³/mol. The molecule has 6 nitrogen and oxygen atoms in total. The van der Waals surface area contributed by atoms with Gasteiger partial charge in [-0.1, -0.05) is 18.2 Å². The third-order valence-electron chi connectivity index (χ3n) is 4.87. The lowest BCUT2D eigenvalue weighted by Crippen LogP contribution is -2.37. The molecule has 6 heteroatoms. The lowest BCUT2D eigenvalue weighted by atomic mass is 10.0. The van der Waals surface area contributed by atoms with Gasteiger partial charge in [0.25, 0.3) is 0 Å². The summed E-state index contributed by atoms with van der Waals surface area (Å²) in [6.07, 6.45) is 3.06. The number of hydrogen-bond acceptors (Lipinski definition) is 3. The van der Waals surface area contributed by atoms with Crippen molar-refractivity contribution in [2.24, 2.45) is 0 Å². The standard InChI is InChI=1S/C18H20N4O2/c1-11-3-2-4-13-12(8-19-18(11)13)7-17(24)22-6-5-14-15(9-22)20-21-16(14)10-23/h2-4,8,19,23H,5-7,9-10H2,1H3,(H,20,21). The van der Waals surface area contributed by atoms with E-state index in [9.17, 15) is 9.90 Å². The largest absolute Gasteiger partial charge is 0.390 e. The van der Waals surface area contributed by atoms with Crippen LogP contribution in [0.1, 0.15) is 28.1 Å². The van der Waals surface area contributed by atoms with Gasteiger partial charge in [0.15, 0.2) is 0 Å². The summed E-state index contributed by atoms with van der Waals surface area (Å²) in [4.78, 5) is 17.8. The number of nitrogens with zero attached hydrogens (tertiary/aromatic N) is 2. The first-order chi connectivity index (χ1) is 11.7. The van der Waals surface area contributed by atoms with E-state index in [-0.39, 0.29) is 12.5 Å². The zero-order valence-corrected chi connectivity index (χ0v) is 13.6. The molecule has 124 valence electrons.